The summed E-state index contributed by atoms with van der Waals surface area (Å²) in [7, 11) is 0. The van der Waals surface area contributed by atoms with Crippen LogP contribution in [0.15, 0.2) is 41.1 Å². The molecule has 2 N–H and O–H groups in total. The van der Waals surface area contributed by atoms with Crippen LogP contribution in [0.5, 0.6) is 0 Å². The number of rotatable bonds is 2. The standard InChI is InChI=1S/C10H10N2O/c11-7-9-1-2-10(13-9)8-3-5-12-6-4-8/h1-6H,7,11H2. The summed E-state index contributed by atoms with van der Waals surface area (Å²) in [6, 6.07) is 7.60. The van der Waals surface area contributed by atoms with E-state index in [0.717, 1.165) is 17.1 Å². The van der Waals surface area contributed by atoms with Crippen molar-refractivity contribution in [1.29, 1.82) is 0 Å². The highest BCUT2D eigenvalue weighted by molar-refractivity contribution is 5.56. The van der Waals surface area contributed by atoms with Crippen molar-refractivity contribution in [3.63, 3.8) is 0 Å². The van der Waals surface area contributed by atoms with Gasteiger partial charge in [0.15, 0.2) is 0 Å². The molecule has 0 saturated heterocycles. The van der Waals surface area contributed by atoms with Gasteiger partial charge in [-0.25, -0.2) is 0 Å². The smallest absolute Gasteiger partial charge is 0.134 e. The minimum Gasteiger partial charge on any atom is -0.460 e. The second-order valence-corrected chi connectivity index (χ2v) is 2.71. The molecular weight excluding hydrogens is 164 g/mol. The van der Waals surface area contributed by atoms with Crippen molar-refractivity contribution in [2.75, 3.05) is 0 Å². The molecule has 0 aliphatic rings. The van der Waals surface area contributed by atoms with Crippen LogP contribution in [0, 0.1) is 0 Å². The first-order valence-corrected chi connectivity index (χ1v) is 4.09. The molecule has 2 aromatic heterocycles. The summed E-state index contributed by atoms with van der Waals surface area (Å²) < 4.78 is 5.47. The topological polar surface area (TPSA) is 52.0 Å². The van der Waals surface area contributed by atoms with E-state index in [1.807, 2.05) is 24.3 Å². The molecule has 0 aliphatic heterocycles. The Hall–Kier alpha value is -1.61. The predicted molar refractivity (Wildman–Crippen MR) is 49.8 cm³/mol. The molecule has 2 heterocycles. The zero-order valence-corrected chi connectivity index (χ0v) is 7.10. The summed E-state index contributed by atoms with van der Waals surface area (Å²) >= 11 is 0. The molecule has 2 rings (SSSR count). The molecule has 13 heavy (non-hydrogen) atoms. The summed E-state index contributed by atoms with van der Waals surface area (Å²) in [5.74, 6) is 1.63. The fourth-order valence-corrected chi connectivity index (χ4v) is 1.16. The van der Waals surface area contributed by atoms with Crippen LogP contribution in [0.4, 0.5) is 0 Å². The van der Waals surface area contributed by atoms with Crippen LogP contribution < -0.4 is 5.73 Å². The van der Waals surface area contributed by atoms with Gasteiger partial charge in [-0.2, -0.15) is 0 Å². The Kier molecular flexibility index (Phi) is 2.10. The van der Waals surface area contributed by atoms with E-state index in [1.165, 1.54) is 0 Å². The number of furan rings is 1. The van der Waals surface area contributed by atoms with E-state index in [9.17, 15) is 0 Å². The largest absolute Gasteiger partial charge is 0.460 e. The molecule has 0 unspecified atom stereocenters. The Morgan fingerprint density at radius 1 is 1.15 bits per heavy atom. The van der Waals surface area contributed by atoms with Gasteiger partial charge in [-0.1, -0.05) is 0 Å². The van der Waals surface area contributed by atoms with Gasteiger partial charge in [-0.05, 0) is 24.3 Å². The molecule has 0 aromatic carbocycles. The Bertz CT molecular complexity index is 381. The van der Waals surface area contributed by atoms with Crippen LogP contribution in [-0.2, 0) is 6.54 Å². The van der Waals surface area contributed by atoms with E-state index < -0.39 is 0 Å². The number of pyridine rings is 1. The normalized spacial score (nSPS) is 10.2. The van der Waals surface area contributed by atoms with Gasteiger partial charge in [-0.3, -0.25) is 4.98 Å². The molecule has 0 aliphatic carbocycles. The first-order valence-electron chi connectivity index (χ1n) is 4.09. The quantitative estimate of drug-likeness (QED) is 0.755. The highest BCUT2D eigenvalue weighted by atomic mass is 16.3. The van der Waals surface area contributed by atoms with Crippen molar-refractivity contribution in [2.24, 2.45) is 5.73 Å². The Balaban J connectivity index is 2.36. The summed E-state index contributed by atoms with van der Waals surface area (Å²) in [5.41, 5.74) is 6.46. The van der Waals surface area contributed by atoms with Crippen molar-refractivity contribution in [3.8, 4) is 11.3 Å². The summed E-state index contributed by atoms with van der Waals surface area (Å²) in [5, 5.41) is 0. The Morgan fingerprint density at radius 2 is 1.92 bits per heavy atom. The maximum atomic E-state index is 5.47. The number of nitrogens with zero attached hydrogens (tertiary/aromatic N) is 1. The van der Waals surface area contributed by atoms with Gasteiger partial charge in [0, 0.05) is 18.0 Å². The van der Waals surface area contributed by atoms with Crippen molar-refractivity contribution in [2.45, 2.75) is 6.54 Å². The SMILES string of the molecule is NCc1ccc(-c2ccncc2)o1. The first-order chi connectivity index (χ1) is 6.40. The fraction of sp³-hybridized carbons (Fsp3) is 0.100. The van der Waals surface area contributed by atoms with Crippen molar-refractivity contribution < 1.29 is 4.42 Å². The van der Waals surface area contributed by atoms with Crippen LogP contribution in [0.2, 0.25) is 0 Å². The van der Waals surface area contributed by atoms with Gasteiger partial charge in [0.2, 0.25) is 0 Å². The van der Waals surface area contributed by atoms with Gasteiger partial charge in [-0.15, -0.1) is 0 Å². The lowest BCUT2D eigenvalue weighted by atomic mass is 10.2. The average Bonchev–Trinajstić information content (AvgIpc) is 2.67. The summed E-state index contributed by atoms with van der Waals surface area (Å²) in [4.78, 5) is 3.93. The van der Waals surface area contributed by atoms with Gasteiger partial charge >= 0.3 is 0 Å². The third-order valence-electron chi connectivity index (χ3n) is 1.83. The third-order valence-corrected chi connectivity index (χ3v) is 1.83. The van der Waals surface area contributed by atoms with E-state index in [1.54, 1.807) is 12.4 Å². The molecule has 0 saturated carbocycles. The van der Waals surface area contributed by atoms with Crippen LogP contribution in [0.1, 0.15) is 5.76 Å². The predicted octanol–water partition coefficient (Wildman–Crippen LogP) is 1.80. The lowest BCUT2D eigenvalue weighted by Crippen LogP contribution is -1.92. The molecule has 2 aromatic rings. The maximum absolute atomic E-state index is 5.47. The third kappa shape index (κ3) is 1.60. The highest BCUT2D eigenvalue weighted by Crippen LogP contribution is 2.20. The van der Waals surface area contributed by atoms with E-state index in [2.05, 4.69) is 4.98 Å². The zero-order valence-electron chi connectivity index (χ0n) is 7.10. The molecule has 0 atom stereocenters. The molecule has 66 valence electrons. The molecule has 0 spiro atoms. The highest BCUT2D eigenvalue weighted by Gasteiger charge is 2.01. The lowest BCUT2D eigenvalue weighted by Gasteiger charge is -1.94. The summed E-state index contributed by atoms with van der Waals surface area (Å²) in [6.45, 7) is 0.436. The zero-order chi connectivity index (χ0) is 9.10. The molecule has 0 bridgehead atoms. The fourth-order valence-electron chi connectivity index (χ4n) is 1.16. The second kappa shape index (κ2) is 3.41. The van der Waals surface area contributed by atoms with Crippen molar-refractivity contribution in [3.05, 3.63) is 42.4 Å². The summed E-state index contributed by atoms with van der Waals surface area (Å²) in [6.07, 6.45) is 3.47. The molecule has 3 heteroatoms. The number of hydrogen-bond donors (Lipinski definition) is 1. The molecule has 3 nitrogen and oxygen atoms in total. The van der Waals surface area contributed by atoms with Crippen LogP contribution in [0.3, 0.4) is 0 Å². The molecule has 0 fully saturated rings. The van der Waals surface area contributed by atoms with E-state index in [-0.39, 0.29) is 0 Å². The number of nitrogens with two attached hydrogens (primary N) is 1. The van der Waals surface area contributed by atoms with Crippen molar-refractivity contribution >= 4 is 0 Å². The number of aromatic nitrogens is 1. The van der Waals surface area contributed by atoms with Gasteiger partial charge in [0.1, 0.15) is 11.5 Å². The minimum absolute atomic E-state index is 0.436. The number of hydrogen-bond acceptors (Lipinski definition) is 3. The first kappa shape index (κ1) is 8.01. The molecular formula is C10H10N2O. The van der Waals surface area contributed by atoms with E-state index in [0.29, 0.717) is 6.54 Å². The Labute approximate surface area is 76.2 Å². The van der Waals surface area contributed by atoms with Gasteiger partial charge < -0.3 is 10.2 Å². The molecule has 0 radical (unpaired) electrons. The van der Waals surface area contributed by atoms with Gasteiger partial charge in [0.25, 0.3) is 0 Å². The second-order valence-electron chi connectivity index (χ2n) is 2.71. The van der Waals surface area contributed by atoms with Crippen molar-refractivity contribution in [1.82, 2.24) is 4.98 Å². The van der Waals surface area contributed by atoms with Crippen LogP contribution in [-0.4, -0.2) is 4.98 Å². The molecule has 0 amide bonds. The van der Waals surface area contributed by atoms with Gasteiger partial charge in [0.05, 0.1) is 6.54 Å². The van der Waals surface area contributed by atoms with E-state index >= 15 is 0 Å². The van der Waals surface area contributed by atoms with E-state index in [4.69, 9.17) is 10.2 Å². The average molecular weight is 174 g/mol. The lowest BCUT2D eigenvalue weighted by molar-refractivity contribution is 0.525. The Morgan fingerprint density at radius 3 is 2.54 bits per heavy atom. The monoisotopic (exact) mass is 174 g/mol. The maximum Gasteiger partial charge on any atom is 0.134 e. The van der Waals surface area contributed by atoms with Crippen LogP contribution in [0.25, 0.3) is 11.3 Å². The van der Waals surface area contributed by atoms with Crippen LogP contribution >= 0.6 is 0 Å². The minimum atomic E-state index is 0.436.